The molecule has 0 atom stereocenters. The van der Waals surface area contributed by atoms with Crippen molar-refractivity contribution in [3.05, 3.63) is 59.2 Å². The Balaban J connectivity index is 1.93. The molecule has 0 bridgehead atoms. The summed E-state index contributed by atoms with van der Waals surface area (Å²) >= 11 is 0. The molecule has 5 nitrogen and oxygen atoms in total. The fourth-order valence-electron chi connectivity index (χ4n) is 2.26. The summed E-state index contributed by atoms with van der Waals surface area (Å²) in [6, 6.07) is 13.2. The molecule has 0 fully saturated rings. The Hall–Kier alpha value is -2.05. The summed E-state index contributed by atoms with van der Waals surface area (Å²) in [7, 11) is -0.222. The minimum absolute atomic E-state index is 0.0222. The molecule has 0 radical (unpaired) electrons. The predicted octanol–water partition coefficient (Wildman–Crippen LogP) is 2.67. The van der Waals surface area contributed by atoms with Gasteiger partial charge in [0.1, 0.15) is 0 Å². The first kappa shape index (κ1) is 18.3. The van der Waals surface area contributed by atoms with E-state index in [0.29, 0.717) is 24.5 Å². The zero-order valence-corrected chi connectivity index (χ0v) is 15.0. The van der Waals surface area contributed by atoms with Gasteiger partial charge in [0, 0.05) is 6.54 Å². The third kappa shape index (κ3) is 5.25. The maximum Gasteiger partial charge on any atom is 0.212 e. The summed E-state index contributed by atoms with van der Waals surface area (Å²) in [5, 5.41) is 0. The van der Waals surface area contributed by atoms with Gasteiger partial charge in [-0.3, -0.25) is 0 Å². The highest BCUT2D eigenvalue weighted by atomic mass is 32.2. The SMILES string of the molecule is COc1ccc(CCS(=O)(=O)NCc2ccc(C)cc2)cc1OC. The third-order valence-corrected chi connectivity index (χ3v) is 5.05. The Morgan fingerprint density at radius 3 is 2.17 bits per heavy atom. The summed E-state index contributed by atoms with van der Waals surface area (Å²) in [5.41, 5.74) is 2.97. The lowest BCUT2D eigenvalue weighted by atomic mass is 10.1. The second kappa shape index (κ2) is 8.17. The van der Waals surface area contributed by atoms with E-state index in [1.54, 1.807) is 26.4 Å². The van der Waals surface area contributed by atoms with Gasteiger partial charge in [0.15, 0.2) is 11.5 Å². The number of sulfonamides is 1. The number of hydrogen-bond donors (Lipinski definition) is 1. The molecule has 0 spiro atoms. The summed E-state index contributed by atoms with van der Waals surface area (Å²) in [4.78, 5) is 0. The Morgan fingerprint density at radius 1 is 0.917 bits per heavy atom. The lowest BCUT2D eigenvalue weighted by Gasteiger charge is -2.10. The number of nitrogens with one attached hydrogen (secondary N) is 1. The molecule has 24 heavy (non-hydrogen) atoms. The lowest BCUT2D eigenvalue weighted by molar-refractivity contribution is 0.354. The molecule has 2 rings (SSSR count). The second-order valence-electron chi connectivity index (χ2n) is 5.56. The first-order valence-electron chi connectivity index (χ1n) is 7.67. The van der Waals surface area contributed by atoms with E-state index >= 15 is 0 Å². The van der Waals surface area contributed by atoms with E-state index < -0.39 is 10.0 Å². The number of aryl methyl sites for hydroxylation is 2. The number of benzene rings is 2. The maximum atomic E-state index is 12.2. The first-order valence-corrected chi connectivity index (χ1v) is 9.32. The second-order valence-corrected chi connectivity index (χ2v) is 7.49. The van der Waals surface area contributed by atoms with E-state index in [-0.39, 0.29) is 5.75 Å². The van der Waals surface area contributed by atoms with Crippen LogP contribution in [0.5, 0.6) is 11.5 Å². The minimum Gasteiger partial charge on any atom is -0.493 e. The van der Waals surface area contributed by atoms with Gasteiger partial charge < -0.3 is 9.47 Å². The Labute approximate surface area is 143 Å². The van der Waals surface area contributed by atoms with Crippen LogP contribution in [0.3, 0.4) is 0 Å². The van der Waals surface area contributed by atoms with Crippen molar-refractivity contribution in [2.45, 2.75) is 19.9 Å². The highest BCUT2D eigenvalue weighted by molar-refractivity contribution is 7.89. The van der Waals surface area contributed by atoms with Crippen molar-refractivity contribution < 1.29 is 17.9 Å². The first-order chi connectivity index (χ1) is 11.4. The predicted molar refractivity (Wildman–Crippen MR) is 95.1 cm³/mol. The standard InChI is InChI=1S/C18H23NO4S/c1-14-4-6-16(7-5-14)13-19-24(20,21)11-10-15-8-9-17(22-2)18(12-15)23-3/h4-9,12,19H,10-11,13H2,1-3H3. The number of rotatable bonds is 8. The van der Waals surface area contributed by atoms with Gasteiger partial charge in [-0.05, 0) is 36.6 Å². The van der Waals surface area contributed by atoms with Crippen LogP contribution in [0.4, 0.5) is 0 Å². The quantitative estimate of drug-likeness (QED) is 0.796. The third-order valence-electron chi connectivity index (χ3n) is 3.72. The highest BCUT2D eigenvalue weighted by Gasteiger charge is 2.12. The molecular formula is C18H23NO4S. The topological polar surface area (TPSA) is 64.6 Å². The average molecular weight is 349 g/mol. The molecule has 0 aliphatic carbocycles. The smallest absolute Gasteiger partial charge is 0.212 e. The fraction of sp³-hybridized carbons (Fsp3) is 0.333. The lowest BCUT2D eigenvalue weighted by Crippen LogP contribution is -2.26. The molecule has 0 aromatic heterocycles. The van der Waals surface area contributed by atoms with Gasteiger partial charge >= 0.3 is 0 Å². The van der Waals surface area contributed by atoms with Gasteiger partial charge in [-0.2, -0.15) is 0 Å². The van der Waals surface area contributed by atoms with Crippen molar-refractivity contribution in [1.82, 2.24) is 4.72 Å². The van der Waals surface area contributed by atoms with Gasteiger partial charge in [-0.1, -0.05) is 35.9 Å². The average Bonchev–Trinajstić information content (AvgIpc) is 2.59. The van der Waals surface area contributed by atoms with Gasteiger partial charge in [0.25, 0.3) is 0 Å². The normalized spacial score (nSPS) is 11.3. The minimum atomic E-state index is -3.35. The van der Waals surface area contributed by atoms with Crippen LogP contribution in [-0.2, 0) is 23.0 Å². The van der Waals surface area contributed by atoms with Gasteiger partial charge in [-0.25, -0.2) is 13.1 Å². The molecular weight excluding hydrogens is 326 g/mol. The summed E-state index contributed by atoms with van der Waals surface area (Å²) < 4.78 is 37.4. The Kier molecular flexibility index (Phi) is 6.23. The number of hydrogen-bond acceptors (Lipinski definition) is 4. The van der Waals surface area contributed by atoms with Crippen LogP contribution in [0.2, 0.25) is 0 Å². The molecule has 0 saturated heterocycles. The molecule has 0 unspecified atom stereocenters. The number of methoxy groups -OCH3 is 2. The number of ether oxygens (including phenoxy) is 2. The van der Waals surface area contributed by atoms with Crippen LogP contribution >= 0.6 is 0 Å². The summed E-state index contributed by atoms with van der Waals surface area (Å²) in [6.07, 6.45) is 0.406. The zero-order valence-electron chi connectivity index (χ0n) is 14.2. The molecule has 130 valence electrons. The van der Waals surface area contributed by atoms with Crippen molar-refractivity contribution in [2.75, 3.05) is 20.0 Å². The van der Waals surface area contributed by atoms with E-state index in [9.17, 15) is 8.42 Å². The van der Waals surface area contributed by atoms with Gasteiger partial charge in [-0.15, -0.1) is 0 Å². The molecule has 0 aliphatic rings. The molecule has 1 N–H and O–H groups in total. The molecule has 0 saturated carbocycles. The summed E-state index contributed by atoms with van der Waals surface area (Å²) in [6.45, 7) is 2.30. The molecule has 2 aromatic carbocycles. The monoisotopic (exact) mass is 349 g/mol. The van der Waals surface area contributed by atoms with Crippen LogP contribution in [-0.4, -0.2) is 28.4 Å². The van der Waals surface area contributed by atoms with Gasteiger partial charge in [0.05, 0.1) is 20.0 Å². The molecule has 0 heterocycles. The van der Waals surface area contributed by atoms with E-state index in [1.165, 1.54) is 0 Å². The van der Waals surface area contributed by atoms with Crippen molar-refractivity contribution >= 4 is 10.0 Å². The van der Waals surface area contributed by atoms with E-state index in [1.807, 2.05) is 37.3 Å². The van der Waals surface area contributed by atoms with Crippen molar-refractivity contribution in [2.24, 2.45) is 0 Å². The van der Waals surface area contributed by atoms with E-state index in [4.69, 9.17) is 9.47 Å². The van der Waals surface area contributed by atoms with Crippen LogP contribution < -0.4 is 14.2 Å². The van der Waals surface area contributed by atoms with Crippen molar-refractivity contribution in [3.63, 3.8) is 0 Å². The summed E-state index contributed by atoms with van der Waals surface area (Å²) in [5.74, 6) is 1.25. The zero-order chi connectivity index (χ0) is 17.6. The van der Waals surface area contributed by atoms with Gasteiger partial charge in [0.2, 0.25) is 10.0 Å². The van der Waals surface area contributed by atoms with Crippen molar-refractivity contribution in [1.29, 1.82) is 0 Å². The largest absolute Gasteiger partial charge is 0.493 e. The molecule has 0 aliphatic heterocycles. The van der Waals surface area contributed by atoms with Crippen LogP contribution in [0.1, 0.15) is 16.7 Å². The van der Waals surface area contributed by atoms with E-state index in [0.717, 1.165) is 16.7 Å². The Bertz CT molecular complexity index is 770. The molecule has 0 amide bonds. The fourth-order valence-corrected chi connectivity index (χ4v) is 3.30. The highest BCUT2D eigenvalue weighted by Crippen LogP contribution is 2.27. The van der Waals surface area contributed by atoms with Crippen LogP contribution in [0.15, 0.2) is 42.5 Å². The van der Waals surface area contributed by atoms with Crippen LogP contribution in [0, 0.1) is 6.92 Å². The molecule has 6 heteroatoms. The molecule has 2 aromatic rings. The van der Waals surface area contributed by atoms with Crippen molar-refractivity contribution in [3.8, 4) is 11.5 Å². The van der Waals surface area contributed by atoms with E-state index in [2.05, 4.69) is 4.72 Å². The van der Waals surface area contributed by atoms with Crippen LogP contribution in [0.25, 0.3) is 0 Å². The Morgan fingerprint density at radius 2 is 1.54 bits per heavy atom. The maximum absolute atomic E-state index is 12.2.